The van der Waals surface area contributed by atoms with Gasteiger partial charge in [0.1, 0.15) is 5.75 Å². The van der Waals surface area contributed by atoms with E-state index in [0.717, 1.165) is 5.39 Å². The van der Waals surface area contributed by atoms with Crippen molar-refractivity contribution in [3.05, 3.63) is 64.0 Å². The van der Waals surface area contributed by atoms with Crippen molar-refractivity contribution in [1.29, 1.82) is 0 Å². The monoisotopic (exact) mass is 351 g/mol. The van der Waals surface area contributed by atoms with Crippen LogP contribution in [0, 0.1) is 5.82 Å². The van der Waals surface area contributed by atoms with Crippen molar-refractivity contribution in [2.45, 2.75) is 0 Å². The summed E-state index contributed by atoms with van der Waals surface area (Å²) in [6.07, 6.45) is 1.58. The van der Waals surface area contributed by atoms with Crippen LogP contribution in [0.25, 0.3) is 10.9 Å². The first-order valence-electron chi connectivity index (χ1n) is 5.81. The Kier molecular flexibility index (Phi) is 3.59. The van der Waals surface area contributed by atoms with Crippen LogP contribution < -0.4 is 4.74 Å². The summed E-state index contributed by atoms with van der Waals surface area (Å²) in [5.74, 6) is 0.228. The zero-order valence-corrected chi connectivity index (χ0v) is 12.5. The molecule has 5 heteroatoms. The number of pyridine rings is 1. The summed E-state index contributed by atoms with van der Waals surface area (Å²) in [7, 11) is 0. The Morgan fingerprint density at radius 1 is 1.10 bits per heavy atom. The molecular formula is C15H8BrClFNO. The highest BCUT2D eigenvalue weighted by Gasteiger charge is 2.10. The van der Waals surface area contributed by atoms with Crippen molar-refractivity contribution < 1.29 is 9.13 Å². The van der Waals surface area contributed by atoms with E-state index in [-0.39, 0.29) is 5.75 Å². The van der Waals surface area contributed by atoms with E-state index in [2.05, 4.69) is 20.9 Å². The highest BCUT2D eigenvalue weighted by Crippen LogP contribution is 2.33. The molecule has 0 atom stereocenters. The second-order valence-electron chi connectivity index (χ2n) is 4.12. The van der Waals surface area contributed by atoms with Gasteiger partial charge in [-0.1, -0.05) is 33.6 Å². The molecule has 0 saturated carbocycles. The fourth-order valence-electron chi connectivity index (χ4n) is 1.88. The zero-order chi connectivity index (χ0) is 14.1. The van der Waals surface area contributed by atoms with Gasteiger partial charge in [0.15, 0.2) is 11.6 Å². The second kappa shape index (κ2) is 5.38. The first-order chi connectivity index (χ1) is 9.65. The molecule has 0 amide bonds. The lowest BCUT2D eigenvalue weighted by Gasteiger charge is -2.10. The zero-order valence-electron chi connectivity index (χ0n) is 10.1. The number of rotatable bonds is 2. The third kappa shape index (κ3) is 2.49. The van der Waals surface area contributed by atoms with Gasteiger partial charge in [0, 0.05) is 16.1 Å². The molecule has 0 aliphatic heterocycles. The van der Waals surface area contributed by atoms with Crippen molar-refractivity contribution in [1.82, 2.24) is 4.98 Å². The van der Waals surface area contributed by atoms with Gasteiger partial charge in [0.05, 0.1) is 10.5 Å². The molecule has 0 radical (unpaired) electrons. The third-order valence-corrected chi connectivity index (χ3v) is 3.59. The van der Waals surface area contributed by atoms with E-state index < -0.39 is 5.82 Å². The van der Waals surface area contributed by atoms with Crippen molar-refractivity contribution in [2.24, 2.45) is 0 Å². The van der Waals surface area contributed by atoms with Crippen molar-refractivity contribution in [3.8, 4) is 11.5 Å². The Morgan fingerprint density at radius 2 is 1.95 bits per heavy atom. The minimum atomic E-state index is -0.439. The summed E-state index contributed by atoms with van der Waals surface area (Å²) < 4.78 is 20.1. The minimum absolute atomic E-state index is 0.153. The molecule has 0 fully saturated rings. The van der Waals surface area contributed by atoms with Gasteiger partial charge in [0.2, 0.25) is 0 Å². The van der Waals surface area contributed by atoms with Crippen LogP contribution in [0.3, 0.4) is 0 Å². The van der Waals surface area contributed by atoms with E-state index in [9.17, 15) is 4.39 Å². The fourth-order valence-corrected chi connectivity index (χ4v) is 2.44. The highest BCUT2D eigenvalue weighted by molar-refractivity contribution is 9.10. The number of hydrogen-bond acceptors (Lipinski definition) is 2. The van der Waals surface area contributed by atoms with E-state index in [0.29, 0.717) is 20.8 Å². The Morgan fingerprint density at radius 3 is 2.75 bits per heavy atom. The molecular weight excluding hydrogens is 345 g/mol. The predicted octanol–water partition coefficient (Wildman–Crippen LogP) is 5.58. The number of para-hydroxylation sites is 1. The van der Waals surface area contributed by atoms with E-state index in [1.165, 1.54) is 6.07 Å². The molecule has 0 spiro atoms. The minimum Gasteiger partial charge on any atom is -0.454 e. The van der Waals surface area contributed by atoms with Crippen LogP contribution in [-0.2, 0) is 0 Å². The smallest absolute Gasteiger partial charge is 0.166 e. The van der Waals surface area contributed by atoms with Crippen LogP contribution in [0.4, 0.5) is 4.39 Å². The molecule has 1 aromatic heterocycles. The molecule has 0 bridgehead atoms. The lowest BCUT2D eigenvalue weighted by Crippen LogP contribution is -1.91. The molecule has 1 heterocycles. The van der Waals surface area contributed by atoms with Gasteiger partial charge in [-0.15, -0.1) is 0 Å². The van der Waals surface area contributed by atoms with Gasteiger partial charge in [-0.3, -0.25) is 4.98 Å². The normalized spacial score (nSPS) is 10.8. The molecule has 2 aromatic carbocycles. The highest BCUT2D eigenvalue weighted by atomic mass is 79.9. The number of halogens is 3. The van der Waals surface area contributed by atoms with Gasteiger partial charge < -0.3 is 4.74 Å². The van der Waals surface area contributed by atoms with Crippen molar-refractivity contribution in [2.75, 3.05) is 0 Å². The summed E-state index contributed by atoms with van der Waals surface area (Å²) in [5, 5.41) is 1.27. The Balaban J connectivity index is 2.09. The van der Waals surface area contributed by atoms with Crippen LogP contribution in [0.1, 0.15) is 0 Å². The topological polar surface area (TPSA) is 22.1 Å². The Bertz CT molecular complexity index is 794. The number of nitrogens with zero attached hydrogens (tertiary/aromatic N) is 1. The molecule has 20 heavy (non-hydrogen) atoms. The van der Waals surface area contributed by atoms with E-state index in [4.69, 9.17) is 16.3 Å². The molecule has 100 valence electrons. The second-order valence-corrected chi connectivity index (χ2v) is 5.44. The summed E-state index contributed by atoms with van der Waals surface area (Å²) in [4.78, 5) is 4.21. The summed E-state index contributed by atoms with van der Waals surface area (Å²) >= 11 is 9.29. The molecule has 3 rings (SSSR count). The van der Waals surface area contributed by atoms with Crippen molar-refractivity contribution >= 4 is 38.4 Å². The number of benzene rings is 2. The third-order valence-electron chi connectivity index (χ3n) is 2.80. The van der Waals surface area contributed by atoms with Crippen molar-refractivity contribution in [3.63, 3.8) is 0 Å². The maximum Gasteiger partial charge on any atom is 0.166 e. The molecule has 3 aromatic rings. The molecule has 0 unspecified atom stereocenters. The Hall–Kier alpha value is -1.65. The van der Waals surface area contributed by atoms with Crippen LogP contribution in [0.15, 0.2) is 53.1 Å². The number of fused-ring (bicyclic) bond motifs is 1. The van der Waals surface area contributed by atoms with Gasteiger partial charge >= 0.3 is 0 Å². The summed E-state index contributed by atoms with van der Waals surface area (Å²) in [6, 6.07) is 11.7. The number of aromatic nitrogens is 1. The summed E-state index contributed by atoms with van der Waals surface area (Å²) in [6.45, 7) is 0. The average Bonchev–Trinajstić information content (AvgIpc) is 2.43. The van der Waals surface area contributed by atoms with Gasteiger partial charge in [-0.05, 0) is 36.4 Å². The lowest BCUT2D eigenvalue weighted by molar-refractivity contribution is 0.446. The van der Waals surface area contributed by atoms with Gasteiger partial charge in [-0.25, -0.2) is 4.39 Å². The molecule has 0 aliphatic rings. The van der Waals surface area contributed by atoms with Crippen LogP contribution in [0.5, 0.6) is 11.5 Å². The first-order valence-corrected chi connectivity index (χ1v) is 6.98. The SMILES string of the molecule is Fc1cc(Br)ccc1Oc1ccnc2c(Cl)cccc12. The van der Waals surface area contributed by atoms with E-state index >= 15 is 0 Å². The van der Waals surface area contributed by atoms with Gasteiger partial charge in [0.25, 0.3) is 0 Å². The van der Waals surface area contributed by atoms with E-state index in [1.54, 1.807) is 36.5 Å². The van der Waals surface area contributed by atoms with E-state index in [1.807, 2.05) is 6.07 Å². The number of ether oxygens (including phenoxy) is 1. The predicted molar refractivity (Wildman–Crippen MR) is 80.9 cm³/mol. The standard InChI is InChI=1S/C15H8BrClFNO/c16-9-4-5-14(12(18)8-9)20-13-6-7-19-15-10(13)2-1-3-11(15)17/h1-8H. The Labute approximate surface area is 128 Å². The van der Waals surface area contributed by atoms with Crippen LogP contribution in [0.2, 0.25) is 5.02 Å². The fraction of sp³-hybridized carbons (Fsp3) is 0. The van der Waals surface area contributed by atoms with Crippen LogP contribution in [-0.4, -0.2) is 4.98 Å². The maximum atomic E-state index is 13.8. The van der Waals surface area contributed by atoms with Crippen LogP contribution >= 0.6 is 27.5 Å². The lowest BCUT2D eigenvalue weighted by atomic mass is 10.2. The average molecular weight is 353 g/mol. The van der Waals surface area contributed by atoms with Gasteiger partial charge in [-0.2, -0.15) is 0 Å². The molecule has 0 aliphatic carbocycles. The molecule has 2 nitrogen and oxygen atoms in total. The summed E-state index contributed by atoms with van der Waals surface area (Å²) in [5.41, 5.74) is 0.629. The first kappa shape index (κ1) is 13.3. The largest absolute Gasteiger partial charge is 0.454 e. The quantitative estimate of drug-likeness (QED) is 0.600. The number of hydrogen-bond donors (Lipinski definition) is 0. The maximum absolute atomic E-state index is 13.8. The molecule has 0 N–H and O–H groups in total. The molecule has 0 saturated heterocycles.